The molecule has 96 valence electrons. The molecule has 2 aliphatic heterocycles. The van der Waals surface area contributed by atoms with Crippen LogP contribution in [0.1, 0.15) is 23.2 Å². The Balaban J connectivity index is 1.73. The van der Waals surface area contributed by atoms with Crippen LogP contribution in [0, 0.1) is 0 Å². The van der Waals surface area contributed by atoms with Gasteiger partial charge in [0.1, 0.15) is 0 Å². The first-order valence-corrected chi connectivity index (χ1v) is 6.49. The minimum Gasteiger partial charge on any atom is -0.388 e. The van der Waals surface area contributed by atoms with Crippen molar-refractivity contribution in [2.45, 2.75) is 25.0 Å². The van der Waals surface area contributed by atoms with Crippen LogP contribution in [0.4, 0.5) is 5.69 Å². The number of ether oxygens (including phenoxy) is 1. The lowest BCUT2D eigenvalue weighted by Crippen LogP contribution is -2.45. The molecule has 0 aliphatic carbocycles. The summed E-state index contributed by atoms with van der Waals surface area (Å²) in [6.45, 7) is 1.48. The van der Waals surface area contributed by atoms with Gasteiger partial charge in [-0.15, -0.1) is 0 Å². The molecule has 0 aromatic heterocycles. The third-order valence-electron chi connectivity index (χ3n) is 3.75. The summed E-state index contributed by atoms with van der Waals surface area (Å²) < 4.78 is 5.75. The number of rotatable bonds is 2. The molecule has 4 nitrogen and oxygen atoms in total. The maximum atomic E-state index is 12.4. The smallest absolute Gasteiger partial charge is 0.254 e. The summed E-state index contributed by atoms with van der Waals surface area (Å²) in [6, 6.07) is 7.63. The van der Waals surface area contributed by atoms with Crippen LogP contribution in [0.15, 0.2) is 24.3 Å². The minimum atomic E-state index is 0.123. The maximum absolute atomic E-state index is 12.4. The van der Waals surface area contributed by atoms with E-state index in [2.05, 4.69) is 5.32 Å². The van der Waals surface area contributed by atoms with Gasteiger partial charge in [-0.2, -0.15) is 0 Å². The first-order valence-electron chi connectivity index (χ1n) is 6.49. The molecular weight excluding hydrogens is 228 g/mol. The van der Waals surface area contributed by atoms with Gasteiger partial charge in [0.25, 0.3) is 5.91 Å². The summed E-state index contributed by atoms with van der Waals surface area (Å²) in [5.74, 6) is 0.123. The van der Waals surface area contributed by atoms with E-state index >= 15 is 0 Å². The van der Waals surface area contributed by atoms with Crippen LogP contribution in [-0.2, 0) is 4.74 Å². The number of carbonyl (C=O) groups excluding carboxylic acids is 1. The van der Waals surface area contributed by atoms with E-state index in [1.165, 1.54) is 0 Å². The van der Waals surface area contributed by atoms with Crippen LogP contribution in [0.3, 0.4) is 0 Å². The first kappa shape index (κ1) is 11.5. The van der Waals surface area contributed by atoms with E-state index < -0.39 is 0 Å². The lowest BCUT2D eigenvalue weighted by atomic mass is 10.1. The Labute approximate surface area is 107 Å². The Kier molecular flexibility index (Phi) is 2.96. The number of carbonyl (C=O) groups is 1. The SMILES string of the molecule is CNc1ccc(C(=O)N2CC3CCC(C2)O3)cc1. The molecule has 2 atom stereocenters. The Morgan fingerprint density at radius 1 is 1.22 bits per heavy atom. The molecule has 1 amide bonds. The van der Waals surface area contributed by atoms with Gasteiger partial charge in [0.15, 0.2) is 0 Å². The predicted octanol–water partition coefficient (Wildman–Crippen LogP) is 1.73. The molecule has 0 radical (unpaired) electrons. The van der Waals surface area contributed by atoms with E-state index in [9.17, 15) is 4.79 Å². The van der Waals surface area contributed by atoms with Crippen LogP contribution >= 0.6 is 0 Å². The third-order valence-corrected chi connectivity index (χ3v) is 3.75. The zero-order valence-electron chi connectivity index (χ0n) is 10.6. The molecule has 3 rings (SSSR count). The number of fused-ring (bicyclic) bond motifs is 2. The predicted molar refractivity (Wildman–Crippen MR) is 69.8 cm³/mol. The third kappa shape index (κ3) is 2.08. The highest BCUT2D eigenvalue weighted by molar-refractivity contribution is 5.94. The molecule has 0 spiro atoms. The summed E-state index contributed by atoms with van der Waals surface area (Å²) in [5, 5.41) is 3.05. The van der Waals surface area contributed by atoms with Crippen molar-refractivity contribution in [3.63, 3.8) is 0 Å². The second kappa shape index (κ2) is 4.61. The van der Waals surface area contributed by atoms with E-state index in [0.29, 0.717) is 0 Å². The van der Waals surface area contributed by atoms with Crippen molar-refractivity contribution >= 4 is 11.6 Å². The second-order valence-electron chi connectivity index (χ2n) is 4.99. The molecule has 1 aromatic carbocycles. The van der Waals surface area contributed by atoms with Gasteiger partial charge in [-0.05, 0) is 37.1 Å². The van der Waals surface area contributed by atoms with Crippen LogP contribution < -0.4 is 5.32 Å². The lowest BCUT2D eigenvalue weighted by molar-refractivity contribution is -0.0303. The van der Waals surface area contributed by atoms with Gasteiger partial charge in [-0.1, -0.05) is 0 Å². The van der Waals surface area contributed by atoms with Crippen LogP contribution in [0.2, 0.25) is 0 Å². The largest absolute Gasteiger partial charge is 0.388 e. The fourth-order valence-electron chi connectivity index (χ4n) is 2.74. The van der Waals surface area contributed by atoms with E-state index in [-0.39, 0.29) is 18.1 Å². The number of likely N-dealkylation sites (tertiary alicyclic amines) is 1. The van der Waals surface area contributed by atoms with Gasteiger partial charge in [0.2, 0.25) is 0 Å². The number of nitrogens with zero attached hydrogens (tertiary/aromatic N) is 1. The molecule has 18 heavy (non-hydrogen) atoms. The lowest BCUT2D eigenvalue weighted by Gasteiger charge is -2.32. The number of amides is 1. The number of hydrogen-bond acceptors (Lipinski definition) is 3. The Morgan fingerprint density at radius 2 is 1.83 bits per heavy atom. The van der Waals surface area contributed by atoms with Crippen molar-refractivity contribution in [1.29, 1.82) is 0 Å². The van der Waals surface area contributed by atoms with Gasteiger partial charge in [-0.3, -0.25) is 4.79 Å². The molecule has 2 bridgehead atoms. The molecule has 2 heterocycles. The maximum Gasteiger partial charge on any atom is 0.254 e. The van der Waals surface area contributed by atoms with Crippen molar-refractivity contribution in [1.82, 2.24) is 4.90 Å². The molecule has 1 aromatic rings. The van der Waals surface area contributed by atoms with Crippen molar-refractivity contribution < 1.29 is 9.53 Å². The van der Waals surface area contributed by atoms with Gasteiger partial charge < -0.3 is 15.0 Å². The van der Waals surface area contributed by atoms with Crippen molar-refractivity contribution in [2.24, 2.45) is 0 Å². The number of benzene rings is 1. The fraction of sp³-hybridized carbons (Fsp3) is 0.500. The van der Waals surface area contributed by atoms with Crippen molar-refractivity contribution in [2.75, 3.05) is 25.5 Å². The van der Waals surface area contributed by atoms with Crippen LogP contribution in [0.25, 0.3) is 0 Å². The zero-order chi connectivity index (χ0) is 12.5. The van der Waals surface area contributed by atoms with E-state index in [1.54, 1.807) is 0 Å². The second-order valence-corrected chi connectivity index (χ2v) is 4.99. The molecule has 4 heteroatoms. The summed E-state index contributed by atoms with van der Waals surface area (Å²) >= 11 is 0. The normalized spacial score (nSPS) is 26.2. The summed E-state index contributed by atoms with van der Waals surface area (Å²) in [4.78, 5) is 14.3. The van der Waals surface area contributed by atoms with Gasteiger partial charge in [0.05, 0.1) is 12.2 Å². The number of anilines is 1. The van der Waals surface area contributed by atoms with Crippen LogP contribution in [0.5, 0.6) is 0 Å². The average molecular weight is 246 g/mol. The quantitative estimate of drug-likeness (QED) is 0.864. The summed E-state index contributed by atoms with van der Waals surface area (Å²) in [5.41, 5.74) is 1.78. The Bertz CT molecular complexity index is 432. The number of nitrogens with one attached hydrogen (secondary N) is 1. The van der Waals surface area contributed by atoms with E-state index in [0.717, 1.165) is 37.2 Å². The first-order chi connectivity index (χ1) is 8.76. The Hall–Kier alpha value is -1.55. The fourth-order valence-corrected chi connectivity index (χ4v) is 2.74. The summed E-state index contributed by atoms with van der Waals surface area (Å²) in [6.07, 6.45) is 2.69. The minimum absolute atomic E-state index is 0.123. The number of hydrogen-bond donors (Lipinski definition) is 1. The van der Waals surface area contributed by atoms with Crippen LogP contribution in [-0.4, -0.2) is 43.2 Å². The highest BCUT2D eigenvalue weighted by atomic mass is 16.5. The van der Waals surface area contributed by atoms with Gasteiger partial charge in [0, 0.05) is 31.4 Å². The van der Waals surface area contributed by atoms with Gasteiger partial charge >= 0.3 is 0 Å². The van der Waals surface area contributed by atoms with Crippen molar-refractivity contribution in [3.8, 4) is 0 Å². The highest BCUT2D eigenvalue weighted by Gasteiger charge is 2.35. The standard InChI is InChI=1S/C14H18N2O2/c1-15-11-4-2-10(3-5-11)14(17)16-8-12-6-7-13(9-16)18-12/h2-5,12-13,15H,6-9H2,1H3. The molecule has 1 N–H and O–H groups in total. The van der Waals surface area contributed by atoms with E-state index in [4.69, 9.17) is 4.74 Å². The van der Waals surface area contributed by atoms with Crippen molar-refractivity contribution in [3.05, 3.63) is 29.8 Å². The number of morpholine rings is 1. The molecule has 2 unspecified atom stereocenters. The monoisotopic (exact) mass is 246 g/mol. The topological polar surface area (TPSA) is 41.6 Å². The zero-order valence-corrected chi connectivity index (χ0v) is 10.6. The van der Waals surface area contributed by atoms with Gasteiger partial charge in [-0.25, -0.2) is 0 Å². The average Bonchev–Trinajstić information content (AvgIpc) is 2.77. The molecule has 2 fully saturated rings. The Morgan fingerprint density at radius 3 is 2.39 bits per heavy atom. The molecule has 0 saturated carbocycles. The molecule has 2 saturated heterocycles. The molecular formula is C14H18N2O2. The molecule has 2 aliphatic rings. The highest BCUT2D eigenvalue weighted by Crippen LogP contribution is 2.27. The van der Waals surface area contributed by atoms with E-state index in [1.807, 2.05) is 36.2 Å². The summed E-state index contributed by atoms with van der Waals surface area (Å²) in [7, 11) is 1.87.